The normalized spacial score (nSPS) is 12.9. The van der Waals surface area contributed by atoms with Gasteiger partial charge in [-0.3, -0.25) is 15.6 Å². The van der Waals surface area contributed by atoms with Gasteiger partial charge in [0.15, 0.2) is 0 Å². The van der Waals surface area contributed by atoms with Crippen LogP contribution in [0.4, 0.5) is 5.69 Å². The van der Waals surface area contributed by atoms with Crippen LogP contribution in [-0.2, 0) is 10.4 Å². The van der Waals surface area contributed by atoms with Gasteiger partial charge >= 0.3 is 0 Å². The van der Waals surface area contributed by atoms with Crippen LogP contribution < -0.4 is 15.6 Å². The standard InChI is InChI=1S/C20H20N2O3S/c1-14-5-9-16(10-6-14)21-22-19(23)20(24,18-4-3-13-26-18)15-7-11-17(25-2)12-8-15/h3-13,21,24H,1-2H3,(H,22,23)/t20-/m1/s1. The van der Waals surface area contributed by atoms with Crippen molar-refractivity contribution >= 4 is 22.9 Å². The molecule has 3 rings (SSSR count). The SMILES string of the molecule is COc1ccc([C@](O)(C(=O)NNc2ccc(C)cc2)c2cccs2)cc1. The van der Waals surface area contributed by atoms with Crippen molar-refractivity contribution in [2.24, 2.45) is 0 Å². The minimum absolute atomic E-state index is 0.462. The van der Waals surface area contributed by atoms with Crippen molar-refractivity contribution < 1.29 is 14.6 Å². The first kappa shape index (κ1) is 18.0. The van der Waals surface area contributed by atoms with Crippen molar-refractivity contribution in [3.05, 3.63) is 82.0 Å². The topological polar surface area (TPSA) is 70.6 Å². The molecule has 26 heavy (non-hydrogen) atoms. The van der Waals surface area contributed by atoms with Gasteiger partial charge in [0.05, 0.1) is 17.7 Å². The Kier molecular flexibility index (Phi) is 5.25. The van der Waals surface area contributed by atoms with Crippen LogP contribution in [0.25, 0.3) is 0 Å². The molecule has 3 N–H and O–H groups in total. The maximum absolute atomic E-state index is 12.9. The second-order valence-corrected chi connectivity index (χ2v) is 6.81. The summed E-state index contributed by atoms with van der Waals surface area (Å²) in [5, 5.41) is 13.1. The number of carbonyl (C=O) groups excluding carboxylic acids is 1. The summed E-state index contributed by atoms with van der Waals surface area (Å²) in [4.78, 5) is 13.4. The summed E-state index contributed by atoms with van der Waals surface area (Å²) < 4.78 is 5.16. The number of nitrogens with one attached hydrogen (secondary N) is 2. The summed E-state index contributed by atoms with van der Waals surface area (Å²) in [5.41, 5.74) is 5.97. The van der Waals surface area contributed by atoms with Gasteiger partial charge in [-0.1, -0.05) is 35.9 Å². The predicted molar refractivity (Wildman–Crippen MR) is 103 cm³/mol. The number of hydrazine groups is 1. The molecule has 2 aromatic carbocycles. The molecule has 0 unspecified atom stereocenters. The highest BCUT2D eigenvalue weighted by molar-refractivity contribution is 7.10. The quantitative estimate of drug-likeness (QED) is 0.583. The molecule has 0 bridgehead atoms. The van der Waals surface area contributed by atoms with Crippen molar-refractivity contribution in [3.8, 4) is 5.75 Å². The van der Waals surface area contributed by atoms with Crippen LogP contribution in [-0.4, -0.2) is 18.1 Å². The zero-order valence-corrected chi connectivity index (χ0v) is 15.3. The zero-order valence-electron chi connectivity index (χ0n) is 14.5. The first-order chi connectivity index (χ1) is 12.5. The lowest BCUT2D eigenvalue weighted by atomic mass is 9.91. The van der Waals surface area contributed by atoms with Crippen LogP contribution in [0, 0.1) is 6.92 Å². The molecule has 1 amide bonds. The Morgan fingerprint density at radius 3 is 2.35 bits per heavy atom. The lowest BCUT2D eigenvalue weighted by Gasteiger charge is -2.27. The van der Waals surface area contributed by atoms with Crippen molar-refractivity contribution in [1.82, 2.24) is 5.43 Å². The Morgan fingerprint density at radius 2 is 1.77 bits per heavy atom. The Balaban J connectivity index is 1.87. The van der Waals surface area contributed by atoms with E-state index < -0.39 is 11.5 Å². The van der Waals surface area contributed by atoms with Crippen LogP contribution >= 0.6 is 11.3 Å². The average molecular weight is 368 g/mol. The van der Waals surface area contributed by atoms with E-state index in [1.165, 1.54) is 11.3 Å². The van der Waals surface area contributed by atoms with E-state index in [1.807, 2.05) is 36.6 Å². The first-order valence-corrected chi connectivity index (χ1v) is 8.96. The molecular weight excluding hydrogens is 348 g/mol. The molecule has 0 spiro atoms. The monoisotopic (exact) mass is 368 g/mol. The fourth-order valence-electron chi connectivity index (χ4n) is 2.56. The first-order valence-electron chi connectivity index (χ1n) is 8.08. The second-order valence-electron chi connectivity index (χ2n) is 5.86. The summed E-state index contributed by atoms with van der Waals surface area (Å²) >= 11 is 1.32. The number of rotatable bonds is 6. The lowest BCUT2D eigenvalue weighted by Crippen LogP contribution is -2.47. The third-order valence-corrected chi connectivity index (χ3v) is 5.06. The highest BCUT2D eigenvalue weighted by Crippen LogP contribution is 2.34. The number of methoxy groups -OCH3 is 1. The van der Waals surface area contributed by atoms with Crippen molar-refractivity contribution in [2.75, 3.05) is 12.5 Å². The van der Waals surface area contributed by atoms with Gasteiger partial charge in [0.1, 0.15) is 5.75 Å². The van der Waals surface area contributed by atoms with Gasteiger partial charge in [-0.2, -0.15) is 0 Å². The van der Waals surface area contributed by atoms with E-state index in [9.17, 15) is 9.90 Å². The molecule has 0 aliphatic rings. The van der Waals surface area contributed by atoms with E-state index in [0.29, 0.717) is 16.2 Å². The smallest absolute Gasteiger partial charge is 0.280 e. The van der Waals surface area contributed by atoms with Crippen molar-refractivity contribution in [2.45, 2.75) is 12.5 Å². The van der Waals surface area contributed by atoms with Crippen molar-refractivity contribution in [3.63, 3.8) is 0 Å². The third kappa shape index (κ3) is 3.56. The Hall–Kier alpha value is -2.83. The van der Waals surface area contributed by atoms with Gasteiger partial charge in [-0.15, -0.1) is 11.3 Å². The fraction of sp³-hybridized carbons (Fsp3) is 0.150. The Labute approximate surface area is 156 Å². The number of aliphatic hydroxyl groups is 1. The molecule has 0 fully saturated rings. The van der Waals surface area contributed by atoms with Gasteiger partial charge in [0.25, 0.3) is 5.91 Å². The van der Waals surface area contributed by atoms with E-state index in [-0.39, 0.29) is 0 Å². The molecule has 0 saturated heterocycles. The third-order valence-electron chi connectivity index (χ3n) is 4.09. The van der Waals surface area contributed by atoms with Gasteiger partial charge in [0, 0.05) is 0 Å². The highest BCUT2D eigenvalue weighted by atomic mass is 32.1. The number of thiophene rings is 1. The molecule has 0 radical (unpaired) electrons. The number of hydrogen-bond acceptors (Lipinski definition) is 5. The molecule has 5 nitrogen and oxygen atoms in total. The van der Waals surface area contributed by atoms with Crippen LogP contribution in [0.1, 0.15) is 16.0 Å². The minimum Gasteiger partial charge on any atom is -0.497 e. The average Bonchev–Trinajstić information content (AvgIpc) is 3.22. The Morgan fingerprint density at radius 1 is 1.08 bits per heavy atom. The van der Waals surface area contributed by atoms with Gasteiger partial charge in [0.2, 0.25) is 5.60 Å². The van der Waals surface area contributed by atoms with E-state index in [2.05, 4.69) is 10.9 Å². The minimum atomic E-state index is -1.81. The number of benzene rings is 2. The largest absolute Gasteiger partial charge is 0.497 e. The van der Waals surface area contributed by atoms with E-state index in [4.69, 9.17) is 4.74 Å². The number of carbonyl (C=O) groups is 1. The van der Waals surface area contributed by atoms with Crippen LogP contribution in [0.2, 0.25) is 0 Å². The summed E-state index contributed by atoms with van der Waals surface area (Å²) in [7, 11) is 1.57. The molecule has 6 heteroatoms. The molecule has 0 aliphatic carbocycles. The number of aryl methyl sites for hydroxylation is 1. The summed E-state index contributed by atoms with van der Waals surface area (Å²) in [6.45, 7) is 1.99. The summed E-state index contributed by atoms with van der Waals surface area (Å²) in [6, 6.07) is 17.9. The van der Waals surface area contributed by atoms with Crippen molar-refractivity contribution in [1.29, 1.82) is 0 Å². The molecule has 134 valence electrons. The molecule has 1 heterocycles. The van der Waals surface area contributed by atoms with E-state index in [1.54, 1.807) is 43.5 Å². The Bertz CT molecular complexity index is 861. The predicted octanol–water partition coefficient (Wildman–Crippen LogP) is 3.44. The molecule has 3 aromatic rings. The van der Waals surface area contributed by atoms with Gasteiger partial charge < -0.3 is 9.84 Å². The number of amides is 1. The number of ether oxygens (including phenoxy) is 1. The number of hydrogen-bond donors (Lipinski definition) is 3. The van der Waals surface area contributed by atoms with E-state index >= 15 is 0 Å². The molecule has 0 saturated carbocycles. The molecular formula is C20H20N2O3S. The maximum atomic E-state index is 12.9. The van der Waals surface area contributed by atoms with Crippen LogP contribution in [0.3, 0.4) is 0 Å². The summed E-state index contributed by atoms with van der Waals surface area (Å²) in [5.74, 6) is 0.0890. The highest BCUT2D eigenvalue weighted by Gasteiger charge is 2.41. The second kappa shape index (κ2) is 7.59. The maximum Gasteiger partial charge on any atom is 0.280 e. The fourth-order valence-corrected chi connectivity index (χ4v) is 3.40. The molecule has 1 aromatic heterocycles. The zero-order chi connectivity index (χ0) is 18.6. The lowest BCUT2D eigenvalue weighted by molar-refractivity contribution is -0.135. The number of anilines is 1. The molecule has 1 atom stereocenters. The van der Waals surface area contributed by atoms with E-state index in [0.717, 1.165) is 11.3 Å². The van der Waals surface area contributed by atoms with Gasteiger partial charge in [-0.25, -0.2) is 0 Å². The molecule has 0 aliphatic heterocycles. The van der Waals surface area contributed by atoms with Gasteiger partial charge in [-0.05, 0) is 48.2 Å². The summed E-state index contributed by atoms with van der Waals surface area (Å²) in [6.07, 6.45) is 0. The van der Waals surface area contributed by atoms with Crippen LogP contribution in [0.5, 0.6) is 5.75 Å². The van der Waals surface area contributed by atoms with Crippen LogP contribution in [0.15, 0.2) is 66.0 Å².